The van der Waals surface area contributed by atoms with Gasteiger partial charge < -0.3 is 4.84 Å². The highest BCUT2D eigenvalue weighted by Crippen LogP contribution is 2.13. The molecule has 0 fully saturated rings. The maximum atomic E-state index is 11.4. The van der Waals surface area contributed by atoms with Gasteiger partial charge in [-0.25, -0.2) is 13.6 Å². The number of quaternary nitrogens is 1. The maximum Gasteiger partial charge on any atom is 0.238 e. The fraction of sp³-hybridized carbons (Fsp3) is 0.111. The van der Waals surface area contributed by atoms with Crippen LogP contribution in [0.25, 0.3) is 5.70 Å². The maximum absolute atomic E-state index is 11.4. The largest absolute Gasteiger partial charge is 0.399 e. The summed E-state index contributed by atoms with van der Waals surface area (Å²) in [6.45, 7) is 2.00. The molecule has 2 aromatic rings. The number of primary sulfonamides is 1. The number of oxime groups is 1. The SMILES string of the molecule is CO/N=C\C(=N)/C=C(\[NH2+]c1ccc(S(N)(=O)=O)cc1)c1ccc(C)cc1. The molecule has 136 valence electrons. The minimum absolute atomic E-state index is 0.0514. The summed E-state index contributed by atoms with van der Waals surface area (Å²) < 4.78 is 22.7. The first-order chi connectivity index (χ1) is 12.3. The van der Waals surface area contributed by atoms with Crippen molar-refractivity contribution in [3.8, 4) is 0 Å². The van der Waals surface area contributed by atoms with Gasteiger partial charge in [0.25, 0.3) is 0 Å². The highest BCUT2D eigenvalue weighted by Gasteiger charge is 2.12. The summed E-state index contributed by atoms with van der Waals surface area (Å²) in [6, 6.07) is 14.1. The Morgan fingerprint density at radius 3 is 2.31 bits per heavy atom. The minimum atomic E-state index is -3.73. The van der Waals surface area contributed by atoms with Crippen molar-refractivity contribution in [3.05, 3.63) is 65.7 Å². The van der Waals surface area contributed by atoms with E-state index >= 15 is 0 Å². The molecule has 8 heteroatoms. The van der Waals surface area contributed by atoms with E-state index in [1.54, 1.807) is 18.2 Å². The highest BCUT2D eigenvalue weighted by molar-refractivity contribution is 7.89. The number of nitrogens with one attached hydrogen (secondary N) is 1. The van der Waals surface area contributed by atoms with Crippen molar-refractivity contribution in [2.75, 3.05) is 7.11 Å². The number of nitrogens with two attached hydrogens (primary N) is 2. The van der Waals surface area contributed by atoms with E-state index in [-0.39, 0.29) is 10.6 Å². The second kappa shape index (κ2) is 8.52. The number of aryl methyl sites for hydroxylation is 1. The molecule has 0 bridgehead atoms. The lowest BCUT2D eigenvalue weighted by atomic mass is 10.1. The third-order valence-corrected chi connectivity index (χ3v) is 4.45. The number of rotatable bonds is 7. The van der Waals surface area contributed by atoms with E-state index in [1.165, 1.54) is 25.5 Å². The van der Waals surface area contributed by atoms with Crippen molar-refractivity contribution in [1.29, 1.82) is 5.41 Å². The van der Waals surface area contributed by atoms with Gasteiger partial charge in [-0.15, -0.1) is 0 Å². The second-order valence-electron chi connectivity index (χ2n) is 5.60. The first-order valence-electron chi connectivity index (χ1n) is 7.71. The van der Waals surface area contributed by atoms with Crippen LogP contribution in [0.5, 0.6) is 0 Å². The molecule has 0 aliphatic carbocycles. The number of benzene rings is 2. The molecule has 0 spiro atoms. The zero-order valence-corrected chi connectivity index (χ0v) is 15.3. The molecule has 0 radical (unpaired) electrons. The van der Waals surface area contributed by atoms with Crippen LogP contribution in [0.3, 0.4) is 0 Å². The lowest BCUT2D eigenvalue weighted by molar-refractivity contribution is -0.469. The van der Waals surface area contributed by atoms with Gasteiger partial charge in [0.1, 0.15) is 18.5 Å². The Hall–Kier alpha value is -2.81. The topological polar surface area (TPSA) is 122 Å². The first kappa shape index (κ1) is 19.5. The molecule has 0 heterocycles. The van der Waals surface area contributed by atoms with Crippen LogP contribution in [0, 0.1) is 12.3 Å². The molecule has 26 heavy (non-hydrogen) atoms. The zero-order chi connectivity index (χ0) is 19.2. The predicted octanol–water partition coefficient (Wildman–Crippen LogP) is 1.53. The van der Waals surface area contributed by atoms with E-state index in [9.17, 15) is 8.42 Å². The number of sulfonamides is 1. The van der Waals surface area contributed by atoms with Crippen molar-refractivity contribution in [2.24, 2.45) is 10.3 Å². The number of hydrogen-bond donors (Lipinski definition) is 3. The van der Waals surface area contributed by atoms with Crippen LogP contribution in [0.2, 0.25) is 0 Å². The summed E-state index contributed by atoms with van der Waals surface area (Å²) in [5.74, 6) is 0. The Bertz CT molecular complexity index is 931. The van der Waals surface area contributed by atoms with Crippen LogP contribution in [0.15, 0.2) is 64.7 Å². The molecule has 0 atom stereocenters. The van der Waals surface area contributed by atoms with Crippen LogP contribution in [-0.2, 0) is 14.9 Å². The van der Waals surface area contributed by atoms with E-state index in [2.05, 4.69) is 9.99 Å². The molecule has 0 aromatic heterocycles. The van der Waals surface area contributed by atoms with Gasteiger partial charge in [-0.05, 0) is 31.2 Å². The van der Waals surface area contributed by atoms with Gasteiger partial charge in [0, 0.05) is 23.8 Å². The fourth-order valence-electron chi connectivity index (χ4n) is 2.20. The molecule has 7 nitrogen and oxygen atoms in total. The van der Waals surface area contributed by atoms with Gasteiger partial charge in [0.2, 0.25) is 10.0 Å². The summed E-state index contributed by atoms with van der Waals surface area (Å²) >= 11 is 0. The van der Waals surface area contributed by atoms with E-state index in [0.29, 0.717) is 0 Å². The molecule has 0 amide bonds. The summed E-state index contributed by atoms with van der Waals surface area (Å²) in [5, 5.41) is 18.5. The van der Waals surface area contributed by atoms with E-state index in [0.717, 1.165) is 22.5 Å². The Morgan fingerprint density at radius 1 is 1.15 bits per heavy atom. The van der Waals surface area contributed by atoms with E-state index in [4.69, 9.17) is 10.5 Å². The van der Waals surface area contributed by atoms with Gasteiger partial charge in [0.15, 0.2) is 0 Å². The van der Waals surface area contributed by atoms with Crippen molar-refractivity contribution < 1.29 is 18.6 Å². The van der Waals surface area contributed by atoms with Gasteiger partial charge in [-0.1, -0.05) is 22.9 Å². The number of hydrogen-bond acceptors (Lipinski definition) is 5. The van der Waals surface area contributed by atoms with E-state index in [1.807, 2.05) is 36.5 Å². The highest BCUT2D eigenvalue weighted by atomic mass is 32.2. The van der Waals surface area contributed by atoms with Crippen molar-refractivity contribution >= 4 is 33.3 Å². The quantitative estimate of drug-likeness (QED) is 0.387. The lowest BCUT2D eigenvalue weighted by Gasteiger charge is -2.07. The second-order valence-corrected chi connectivity index (χ2v) is 7.16. The Labute approximate surface area is 152 Å². The van der Waals surface area contributed by atoms with Gasteiger partial charge in [0.05, 0.1) is 16.8 Å². The number of allylic oxidation sites excluding steroid dienone is 1. The average Bonchev–Trinajstić information content (AvgIpc) is 2.60. The van der Waals surface area contributed by atoms with Crippen LogP contribution in [0.4, 0.5) is 5.69 Å². The van der Waals surface area contributed by atoms with Gasteiger partial charge in [-0.3, -0.25) is 10.7 Å². The van der Waals surface area contributed by atoms with Crippen LogP contribution in [-0.4, -0.2) is 27.5 Å². The summed E-state index contributed by atoms with van der Waals surface area (Å²) in [7, 11) is -2.32. The average molecular weight is 373 g/mol. The van der Waals surface area contributed by atoms with Crippen molar-refractivity contribution in [2.45, 2.75) is 11.8 Å². The van der Waals surface area contributed by atoms with Crippen molar-refractivity contribution in [1.82, 2.24) is 0 Å². The van der Waals surface area contributed by atoms with Gasteiger partial charge in [-0.2, -0.15) is 0 Å². The molecule has 0 unspecified atom stereocenters. The third kappa shape index (κ3) is 5.62. The smallest absolute Gasteiger partial charge is 0.238 e. The molecule has 0 saturated heterocycles. The van der Waals surface area contributed by atoms with E-state index < -0.39 is 10.0 Å². The first-order valence-corrected chi connectivity index (χ1v) is 9.25. The normalized spacial score (nSPS) is 12.3. The van der Waals surface area contributed by atoms with Gasteiger partial charge >= 0.3 is 0 Å². The predicted molar refractivity (Wildman–Crippen MR) is 102 cm³/mol. The van der Waals surface area contributed by atoms with Crippen LogP contribution in [0.1, 0.15) is 11.1 Å². The lowest BCUT2D eigenvalue weighted by Crippen LogP contribution is -2.74. The molecule has 2 rings (SSSR count). The van der Waals surface area contributed by atoms with Crippen molar-refractivity contribution in [3.63, 3.8) is 0 Å². The molecular weight excluding hydrogens is 352 g/mol. The molecule has 5 N–H and O–H groups in total. The van der Waals surface area contributed by atoms with Crippen LogP contribution < -0.4 is 10.5 Å². The summed E-state index contributed by atoms with van der Waals surface area (Å²) in [5.41, 5.74) is 3.77. The monoisotopic (exact) mass is 373 g/mol. The van der Waals surface area contributed by atoms with Crippen LogP contribution >= 0.6 is 0 Å². The Balaban J connectivity index is 2.35. The minimum Gasteiger partial charge on any atom is -0.399 e. The molecule has 0 aliphatic heterocycles. The zero-order valence-electron chi connectivity index (χ0n) is 14.5. The molecule has 2 aromatic carbocycles. The summed E-state index contributed by atoms with van der Waals surface area (Å²) in [6.07, 6.45) is 2.95. The molecule has 0 saturated carbocycles. The fourth-order valence-corrected chi connectivity index (χ4v) is 2.72. The molecular formula is C18H21N4O3S+. The number of nitrogens with zero attached hydrogens (tertiary/aromatic N) is 1. The molecule has 0 aliphatic rings. The summed E-state index contributed by atoms with van der Waals surface area (Å²) in [4.78, 5) is 4.65. The Kier molecular flexibility index (Phi) is 6.40. The Morgan fingerprint density at radius 2 is 1.77 bits per heavy atom. The standard InChI is InChI=1S/C18H20N4O3S/c1-13-3-5-14(6-4-13)18(11-15(19)12-21-25-2)22-16-7-9-17(10-8-16)26(20,23)24/h3-12,19,22H,1-2H3,(H2,20,23,24)/p+1/b18-11-,19-15?,21-12-. The third-order valence-electron chi connectivity index (χ3n) is 3.52.